The topological polar surface area (TPSA) is 59.1 Å². The Morgan fingerprint density at radius 2 is 2.25 bits per heavy atom. The third-order valence-electron chi connectivity index (χ3n) is 2.03. The van der Waals surface area contributed by atoms with Gasteiger partial charge in [-0.05, 0) is 25.5 Å². The average molecular weight is 263 g/mol. The Kier molecular flexibility index (Phi) is 5.18. The fourth-order valence-electron chi connectivity index (χ4n) is 1.27. The van der Waals surface area contributed by atoms with Gasteiger partial charge in [-0.1, -0.05) is 6.07 Å². The molecule has 0 aliphatic carbocycles. The van der Waals surface area contributed by atoms with Gasteiger partial charge in [-0.2, -0.15) is 0 Å². The Bertz CT molecular complexity index is 408. The summed E-state index contributed by atoms with van der Waals surface area (Å²) in [4.78, 5) is 4.09. The number of hydrogen-bond acceptors (Lipinski definition) is 3. The summed E-state index contributed by atoms with van der Waals surface area (Å²) in [6, 6.07) is 5.08. The molecular formula is C10H15ClN2O2S. The zero-order valence-electron chi connectivity index (χ0n) is 9.06. The predicted molar refractivity (Wildman–Crippen MR) is 64.9 cm³/mol. The molecule has 1 aromatic rings. The number of nitrogens with one attached hydrogen (secondary N) is 1. The average Bonchev–Trinajstić information content (AvgIpc) is 2.27. The van der Waals surface area contributed by atoms with E-state index >= 15 is 0 Å². The van der Waals surface area contributed by atoms with Crippen molar-refractivity contribution in [2.24, 2.45) is 0 Å². The standard InChI is InChI=1S/C10H15ClN2O2S/c1-9(10-5-2-3-7-12-10)13-16(14,15)8-4-6-11/h2-3,5,7,9,13H,4,6,8H2,1H3/t9-/m1/s1. The van der Waals surface area contributed by atoms with E-state index in [4.69, 9.17) is 11.6 Å². The highest BCUT2D eigenvalue weighted by Crippen LogP contribution is 2.09. The normalized spacial score (nSPS) is 13.6. The number of hydrogen-bond donors (Lipinski definition) is 1. The molecule has 0 aromatic carbocycles. The minimum absolute atomic E-state index is 0.0493. The highest BCUT2D eigenvalue weighted by molar-refractivity contribution is 7.89. The molecule has 6 heteroatoms. The van der Waals surface area contributed by atoms with Crippen LogP contribution in [-0.2, 0) is 10.0 Å². The van der Waals surface area contributed by atoms with Gasteiger partial charge < -0.3 is 0 Å². The molecule has 1 rings (SSSR count). The summed E-state index contributed by atoms with van der Waals surface area (Å²) in [7, 11) is -3.27. The molecule has 1 aromatic heterocycles. The van der Waals surface area contributed by atoms with Crippen LogP contribution in [0.15, 0.2) is 24.4 Å². The summed E-state index contributed by atoms with van der Waals surface area (Å²) in [5, 5.41) is 0. The minimum atomic E-state index is -3.27. The van der Waals surface area contributed by atoms with Crippen LogP contribution in [0.25, 0.3) is 0 Å². The molecule has 0 aliphatic heterocycles. The SMILES string of the molecule is C[C@@H](NS(=O)(=O)CCCCl)c1ccccn1. The first kappa shape index (κ1) is 13.4. The van der Waals surface area contributed by atoms with Crippen molar-refractivity contribution in [3.8, 4) is 0 Å². The highest BCUT2D eigenvalue weighted by Gasteiger charge is 2.15. The lowest BCUT2D eigenvalue weighted by Gasteiger charge is -2.13. The molecule has 1 atom stereocenters. The van der Waals surface area contributed by atoms with Gasteiger partial charge in [0.25, 0.3) is 0 Å². The highest BCUT2D eigenvalue weighted by atomic mass is 35.5. The van der Waals surface area contributed by atoms with E-state index < -0.39 is 10.0 Å². The van der Waals surface area contributed by atoms with Gasteiger partial charge in [0.1, 0.15) is 0 Å². The molecular weight excluding hydrogens is 248 g/mol. The number of halogens is 1. The van der Waals surface area contributed by atoms with Gasteiger partial charge in [-0.25, -0.2) is 13.1 Å². The maximum absolute atomic E-state index is 11.6. The van der Waals surface area contributed by atoms with E-state index in [0.29, 0.717) is 18.0 Å². The van der Waals surface area contributed by atoms with E-state index in [1.165, 1.54) is 0 Å². The monoisotopic (exact) mass is 262 g/mol. The summed E-state index contributed by atoms with van der Waals surface area (Å²) < 4.78 is 25.7. The van der Waals surface area contributed by atoms with Crippen LogP contribution >= 0.6 is 11.6 Å². The van der Waals surface area contributed by atoms with Crippen molar-refractivity contribution < 1.29 is 8.42 Å². The smallest absolute Gasteiger partial charge is 0.212 e. The number of nitrogens with zero attached hydrogens (tertiary/aromatic N) is 1. The molecule has 0 saturated heterocycles. The van der Waals surface area contributed by atoms with E-state index in [1.807, 2.05) is 6.07 Å². The zero-order valence-corrected chi connectivity index (χ0v) is 10.6. The largest absolute Gasteiger partial charge is 0.260 e. The molecule has 0 unspecified atom stereocenters. The number of aromatic nitrogens is 1. The zero-order chi connectivity index (χ0) is 12.0. The van der Waals surface area contributed by atoms with E-state index in [9.17, 15) is 8.42 Å². The van der Waals surface area contributed by atoms with Gasteiger partial charge in [0.2, 0.25) is 10.0 Å². The Hall–Kier alpha value is -0.650. The fourth-order valence-corrected chi connectivity index (χ4v) is 2.86. The number of sulfonamides is 1. The van der Waals surface area contributed by atoms with Crippen LogP contribution in [0.1, 0.15) is 25.1 Å². The van der Waals surface area contributed by atoms with Gasteiger partial charge in [-0.15, -0.1) is 11.6 Å². The molecule has 0 amide bonds. The van der Waals surface area contributed by atoms with Crippen molar-refractivity contribution in [2.75, 3.05) is 11.6 Å². The lowest BCUT2D eigenvalue weighted by Crippen LogP contribution is -2.29. The second kappa shape index (κ2) is 6.18. The first-order valence-corrected chi connectivity index (χ1v) is 7.21. The molecule has 0 fully saturated rings. The molecule has 16 heavy (non-hydrogen) atoms. The van der Waals surface area contributed by atoms with E-state index in [-0.39, 0.29) is 11.8 Å². The Balaban J connectivity index is 2.61. The van der Waals surface area contributed by atoms with Gasteiger partial charge in [-0.3, -0.25) is 4.98 Å². The lowest BCUT2D eigenvalue weighted by atomic mass is 10.2. The van der Waals surface area contributed by atoms with Crippen LogP contribution in [0.2, 0.25) is 0 Å². The molecule has 4 nitrogen and oxygen atoms in total. The molecule has 1 N–H and O–H groups in total. The van der Waals surface area contributed by atoms with Gasteiger partial charge in [0, 0.05) is 12.1 Å². The van der Waals surface area contributed by atoms with Crippen LogP contribution in [0.3, 0.4) is 0 Å². The Labute approximate surface area is 101 Å². The van der Waals surface area contributed by atoms with Crippen molar-refractivity contribution in [1.82, 2.24) is 9.71 Å². The minimum Gasteiger partial charge on any atom is -0.260 e. The van der Waals surface area contributed by atoms with Crippen LogP contribution in [0.4, 0.5) is 0 Å². The summed E-state index contributed by atoms with van der Waals surface area (Å²) in [6.07, 6.45) is 2.09. The molecule has 0 bridgehead atoms. The molecule has 0 saturated carbocycles. The summed E-state index contributed by atoms with van der Waals surface area (Å²) >= 11 is 5.46. The fraction of sp³-hybridized carbons (Fsp3) is 0.500. The van der Waals surface area contributed by atoms with Crippen molar-refractivity contribution in [3.63, 3.8) is 0 Å². The first-order valence-electron chi connectivity index (χ1n) is 5.02. The van der Waals surface area contributed by atoms with Gasteiger partial charge in [0.15, 0.2) is 0 Å². The number of pyridine rings is 1. The number of alkyl halides is 1. The molecule has 90 valence electrons. The molecule has 0 radical (unpaired) electrons. The van der Waals surface area contributed by atoms with E-state index in [2.05, 4.69) is 9.71 Å². The first-order chi connectivity index (χ1) is 7.55. The van der Waals surface area contributed by atoms with Crippen molar-refractivity contribution >= 4 is 21.6 Å². The second-order valence-electron chi connectivity index (χ2n) is 3.46. The summed E-state index contributed by atoms with van der Waals surface area (Å²) in [5.74, 6) is 0.395. The van der Waals surface area contributed by atoms with Crippen LogP contribution in [-0.4, -0.2) is 25.0 Å². The maximum atomic E-state index is 11.6. The summed E-state index contributed by atoms with van der Waals surface area (Å²) in [5.41, 5.74) is 0.706. The van der Waals surface area contributed by atoms with E-state index in [1.54, 1.807) is 25.3 Å². The third kappa shape index (κ3) is 4.47. The Morgan fingerprint density at radius 3 is 2.81 bits per heavy atom. The van der Waals surface area contributed by atoms with Crippen LogP contribution in [0.5, 0.6) is 0 Å². The van der Waals surface area contributed by atoms with Crippen LogP contribution in [0, 0.1) is 0 Å². The summed E-state index contributed by atoms with van der Waals surface area (Å²) in [6.45, 7) is 1.76. The molecule has 0 spiro atoms. The van der Waals surface area contributed by atoms with Gasteiger partial charge >= 0.3 is 0 Å². The molecule has 0 aliphatic rings. The quantitative estimate of drug-likeness (QED) is 0.794. The third-order valence-corrected chi connectivity index (χ3v) is 3.84. The predicted octanol–water partition coefficient (Wildman–Crippen LogP) is 1.69. The van der Waals surface area contributed by atoms with Crippen molar-refractivity contribution in [3.05, 3.63) is 30.1 Å². The van der Waals surface area contributed by atoms with Gasteiger partial charge in [0.05, 0.1) is 17.5 Å². The van der Waals surface area contributed by atoms with E-state index in [0.717, 1.165) is 0 Å². The number of rotatable bonds is 6. The maximum Gasteiger partial charge on any atom is 0.212 e. The molecule has 1 heterocycles. The Morgan fingerprint density at radius 1 is 1.50 bits per heavy atom. The second-order valence-corrected chi connectivity index (χ2v) is 5.71. The van der Waals surface area contributed by atoms with Crippen molar-refractivity contribution in [2.45, 2.75) is 19.4 Å². The van der Waals surface area contributed by atoms with Crippen molar-refractivity contribution in [1.29, 1.82) is 0 Å². The lowest BCUT2D eigenvalue weighted by molar-refractivity contribution is 0.563. The van der Waals surface area contributed by atoms with Crippen LogP contribution < -0.4 is 4.72 Å².